The fourth-order valence-corrected chi connectivity index (χ4v) is 7.44. The maximum absolute atomic E-state index is 5.18. The van der Waals surface area contributed by atoms with Crippen molar-refractivity contribution in [3.63, 3.8) is 0 Å². The topological polar surface area (TPSA) is 30.2 Å². The van der Waals surface area contributed by atoms with Gasteiger partial charge in [0.05, 0.1) is 16.6 Å². The molecule has 10 rings (SSSR count). The van der Waals surface area contributed by atoms with Crippen LogP contribution >= 0.6 is 0 Å². The van der Waals surface area contributed by atoms with Gasteiger partial charge in [-0.15, -0.1) is 0 Å². The van der Waals surface area contributed by atoms with E-state index in [4.69, 9.17) is 9.97 Å². The third kappa shape index (κ3) is 4.14. The first kappa shape index (κ1) is 26.9. The van der Waals surface area contributed by atoms with E-state index in [0.29, 0.717) is 0 Å². The second kappa shape index (κ2) is 10.3. The quantitative estimate of drug-likeness (QED) is 0.199. The summed E-state index contributed by atoms with van der Waals surface area (Å²) in [5.41, 5.74) is 11.2. The molecule has 3 nitrogen and oxygen atoms in total. The Morgan fingerprint density at radius 1 is 0.417 bits per heavy atom. The molecule has 8 aromatic carbocycles. The van der Waals surface area contributed by atoms with Gasteiger partial charge >= 0.3 is 0 Å². The van der Waals surface area contributed by atoms with Crippen molar-refractivity contribution in [1.29, 1.82) is 0 Å². The van der Waals surface area contributed by atoms with E-state index >= 15 is 0 Å². The van der Waals surface area contributed by atoms with Crippen molar-refractivity contribution in [2.24, 2.45) is 0 Å². The number of hydrogen-bond acceptors (Lipinski definition) is 2. The molecule has 2 heterocycles. The zero-order chi connectivity index (χ0) is 31.8. The van der Waals surface area contributed by atoms with E-state index in [2.05, 4.69) is 157 Å². The van der Waals surface area contributed by atoms with E-state index in [1.165, 1.54) is 60.1 Å². The van der Waals surface area contributed by atoms with Crippen LogP contribution in [0.5, 0.6) is 0 Å². The molecule has 2 aromatic heterocycles. The van der Waals surface area contributed by atoms with Crippen LogP contribution in [0, 0.1) is 6.92 Å². The van der Waals surface area contributed by atoms with Crippen molar-refractivity contribution < 1.29 is 0 Å². The van der Waals surface area contributed by atoms with Crippen molar-refractivity contribution >= 4 is 59.9 Å². The molecule has 0 saturated carbocycles. The van der Waals surface area contributed by atoms with E-state index in [1.807, 2.05) is 12.1 Å². The Morgan fingerprint density at radius 3 is 1.67 bits per heavy atom. The van der Waals surface area contributed by atoms with E-state index in [0.717, 1.165) is 39.0 Å². The molecule has 0 aliphatic rings. The Balaban J connectivity index is 1.10. The average molecular weight is 612 g/mol. The number of aromatic nitrogens is 3. The van der Waals surface area contributed by atoms with Gasteiger partial charge in [-0.2, -0.15) is 0 Å². The first-order valence-electron chi connectivity index (χ1n) is 16.4. The van der Waals surface area contributed by atoms with Crippen LogP contribution in [0.25, 0.3) is 93.5 Å². The highest BCUT2D eigenvalue weighted by molar-refractivity contribution is 6.06. The van der Waals surface area contributed by atoms with Crippen molar-refractivity contribution in [1.82, 2.24) is 14.4 Å². The highest BCUT2D eigenvalue weighted by Crippen LogP contribution is 2.38. The SMILES string of the molecule is Cc1ccc2cc(-c3cccc4c(-c5ccc6cc(-c7nc8ccccc8c8nc9ccccc9n78)ccc6c5)cccc34)ccc2c1. The van der Waals surface area contributed by atoms with Crippen LogP contribution in [0.15, 0.2) is 158 Å². The van der Waals surface area contributed by atoms with Crippen LogP contribution in [0.1, 0.15) is 5.56 Å². The molecule has 0 unspecified atom stereocenters. The largest absolute Gasteiger partial charge is 0.276 e. The highest BCUT2D eigenvalue weighted by atomic mass is 15.1. The highest BCUT2D eigenvalue weighted by Gasteiger charge is 2.16. The van der Waals surface area contributed by atoms with Crippen LogP contribution in [-0.4, -0.2) is 14.4 Å². The molecule has 0 spiro atoms. The first-order valence-corrected chi connectivity index (χ1v) is 16.4. The van der Waals surface area contributed by atoms with Crippen molar-refractivity contribution in [3.05, 3.63) is 163 Å². The molecule has 0 amide bonds. The standard InChI is InChI=1S/C45H29N3/c1-28-16-17-30-25-33(21-18-29(30)24-28)36-9-6-12-39-37(10-7-11-38(36)39)34-22-19-32-27-35(23-20-31(32)26-34)44-46-41-13-3-2-8-40(41)45-47-42-14-4-5-15-43(42)48(44)45/h2-27H,1H3. The van der Waals surface area contributed by atoms with Gasteiger partial charge in [-0.3, -0.25) is 4.40 Å². The van der Waals surface area contributed by atoms with Gasteiger partial charge in [0.1, 0.15) is 11.5 Å². The van der Waals surface area contributed by atoms with Crippen molar-refractivity contribution in [3.8, 4) is 33.6 Å². The molecule has 0 aliphatic heterocycles. The summed E-state index contributed by atoms with van der Waals surface area (Å²) in [4.78, 5) is 10.2. The second-order valence-electron chi connectivity index (χ2n) is 12.8. The molecule has 0 atom stereocenters. The summed E-state index contributed by atoms with van der Waals surface area (Å²) in [7, 11) is 0. The summed E-state index contributed by atoms with van der Waals surface area (Å²) in [5.74, 6) is 0.897. The maximum atomic E-state index is 5.18. The normalized spacial score (nSPS) is 11.9. The zero-order valence-electron chi connectivity index (χ0n) is 26.4. The molecule has 0 aliphatic carbocycles. The number of para-hydroxylation sites is 3. The van der Waals surface area contributed by atoms with Gasteiger partial charge in [-0.05, 0) is 104 Å². The molecular weight excluding hydrogens is 583 g/mol. The number of fused-ring (bicyclic) bond motifs is 8. The summed E-state index contributed by atoms with van der Waals surface area (Å²) >= 11 is 0. The number of nitrogens with zero attached hydrogens (tertiary/aromatic N) is 3. The summed E-state index contributed by atoms with van der Waals surface area (Å²) in [6, 6.07) is 56.9. The maximum Gasteiger partial charge on any atom is 0.149 e. The van der Waals surface area contributed by atoms with Gasteiger partial charge in [-0.25, -0.2) is 9.97 Å². The molecule has 3 heteroatoms. The Hall–Kier alpha value is -6.32. The number of hydrogen-bond donors (Lipinski definition) is 0. The number of imidazole rings is 1. The third-order valence-electron chi connectivity index (χ3n) is 9.78. The number of rotatable bonds is 3. The molecule has 48 heavy (non-hydrogen) atoms. The monoisotopic (exact) mass is 611 g/mol. The lowest BCUT2D eigenvalue weighted by atomic mass is 9.91. The average Bonchev–Trinajstić information content (AvgIpc) is 3.53. The molecule has 0 N–H and O–H groups in total. The van der Waals surface area contributed by atoms with E-state index < -0.39 is 0 Å². The molecule has 0 radical (unpaired) electrons. The van der Waals surface area contributed by atoms with Crippen LogP contribution in [0.3, 0.4) is 0 Å². The minimum atomic E-state index is 0.897. The lowest BCUT2D eigenvalue weighted by molar-refractivity contribution is 1.16. The van der Waals surface area contributed by atoms with Crippen LogP contribution in [-0.2, 0) is 0 Å². The van der Waals surface area contributed by atoms with Gasteiger partial charge in [-0.1, -0.05) is 121 Å². The van der Waals surface area contributed by atoms with E-state index in [1.54, 1.807) is 0 Å². The predicted octanol–water partition coefficient (Wildman–Crippen LogP) is 11.8. The fraction of sp³-hybridized carbons (Fsp3) is 0.0222. The van der Waals surface area contributed by atoms with Crippen LogP contribution < -0.4 is 0 Å². The molecule has 0 bridgehead atoms. The number of aryl methyl sites for hydroxylation is 1. The van der Waals surface area contributed by atoms with Crippen LogP contribution in [0.4, 0.5) is 0 Å². The third-order valence-corrected chi connectivity index (χ3v) is 9.78. The Morgan fingerprint density at radius 2 is 0.958 bits per heavy atom. The minimum Gasteiger partial charge on any atom is -0.276 e. The predicted molar refractivity (Wildman–Crippen MR) is 202 cm³/mol. The van der Waals surface area contributed by atoms with E-state index in [9.17, 15) is 0 Å². The minimum absolute atomic E-state index is 0.897. The zero-order valence-corrected chi connectivity index (χ0v) is 26.4. The first-order chi connectivity index (χ1) is 23.7. The number of benzene rings is 8. The van der Waals surface area contributed by atoms with Crippen molar-refractivity contribution in [2.75, 3.05) is 0 Å². The molecule has 0 saturated heterocycles. The van der Waals surface area contributed by atoms with Gasteiger partial charge in [0.25, 0.3) is 0 Å². The Labute approximate surface area is 277 Å². The lowest BCUT2D eigenvalue weighted by Gasteiger charge is -2.13. The van der Waals surface area contributed by atoms with E-state index in [-0.39, 0.29) is 0 Å². The lowest BCUT2D eigenvalue weighted by Crippen LogP contribution is -1.98. The summed E-state index contributed by atoms with van der Waals surface area (Å²) in [6.07, 6.45) is 0. The fourth-order valence-electron chi connectivity index (χ4n) is 7.44. The molecule has 10 aromatic rings. The van der Waals surface area contributed by atoms with Gasteiger partial charge < -0.3 is 0 Å². The summed E-state index contributed by atoms with van der Waals surface area (Å²) in [5, 5.41) is 8.48. The summed E-state index contributed by atoms with van der Waals surface area (Å²) in [6.45, 7) is 2.15. The second-order valence-corrected chi connectivity index (χ2v) is 12.8. The van der Waals surface area contributed by atoms with Crippen molar-refractivity contribution in [2.45, 2.75) is 6.92 Å². The molecule has 224 valence electrons. The van der Waals surface area contributed by atoms with Gasteiger partial charge in [0, 0.05) is 10.9 Å². The van der Waals surface area contributed by atoms with Gasteiger partial charge in [0.15, 0.2) is 0 Å². The van der Waals surface area contributed by atoms with Gasteiger partial charge in [0.2, 0.25) is 0 Å². The van der Waals surface area contributed by atoms with Crippen LogP contribution in [0.2, 0.25) is 0 Å². The molecular formula is C45H29N3. The smallest absolute Gasteiger partial charge is 0.149 e. The Kier molecular flexibility index (Phi) is 5.79. The Bertz CT molecular complexity index is 2910. The summed E-state index contributed by atoms with van der Waals surface area (Å²) < 4.78 is 2.21. The molecule has 0 fully saturated rings.